The Balaban J connectivity index is 2.42. The molecule has 0 unspecified atom stereocenters. The Morgan fingerprint density at radius 1 is 1.25 bits per heavy atom. The molecular formula is C13H17BrN2. The van der Waals surface area contributed by atoms with Crippen molar-refractivity contribution in [3.8, 4) is 0 Å². The normalized spacial score (nSPS) is 16.7. The van der Waals surface area contributed by atoms with Gasteiger partial charge in [0.1, 0.15) is 5.84 Å². The zero-order chi connectivity index (χ0) is 11.7. The maximum Gasteiger partial charge on any atom is 0.100 e. The Bertz CT molecular complexity index is 403. The zero-order valence-electron chi connectivity index (χ0n) is 9.81. The number of aryl methyl sites for hydroxylation is 2. The van der Waals surface area contributed by atoms with E-state index in [1.54, 1.807) is 0 Å². The largest absolute Gasteiger partial charge is 0.329 e. The molecule has 1 fully saturated rings. The first kappa shape index (κ1) is 11.6. The molecule has 1 aromatic carbocycles. The number of hydrogen-bond acceptors (Lipinski definition) is 1. The molecule has 0 atom stereocenters. The Morgan fingerprint density at radius 2 is 2.00 bits per heavy atom. The van der Waals surface area contributed by atoms with Crippen LogP contribution < -0.4 is 4.90 Å². The van der Waals surface area contributed by atoms with E-state index in [1.807, 2.05) is 0 Å². The minimum atomic E-state index is 0.749. The van der Waals surface area contributed by atoms with Crippen molar-refractivity contribution in [2.45, 2.75) is 33.1 Å². The van der Waals surface area contributed by atoms with Gasteiger partial charge in [-0.2, -0.15) is 0 Å². The summed E-state index contributed by atoms with van der Waals surface area (Å²) in [6.07, 6.45) is 3.24. The van der Waals surface area contributed by atoms with Gasteiger partial charge in [0.05, 0.1) is 5.69 Å². The molecule has 1 aromatic rings. The maximum absolute atomic E-state index is 8.04. The van der Waals surface area contributed by atoms with E-state index < -0.39 is 0 Å². The Kier molecular flexibility index (Phi) is 3.33. The smallest absolute Gasteiger partial charge is 0.100 e. The third-order valence-electron chi connectivity index (χ3n) is 3.04. The van der Waals surface area contributed by atoms with Crippen molar-refractivity contribution in [3.05, 3.63) is 27.7 Å². The number of benzene rings is 1. The third kappa shape index (κ3) is 2.14. The van der Waals surface area contributed by atoms with E-state index in [4.69, 9.17) is 5.41 Å². The first-order valence-electron chi connectivity index (χ1n) is 5.71. The first-order valence-corrected chi connectivity index (χ1v) is 6.50. The van der Waals surface area contributed by atoms with Gasteiger partial charge in [-0.1, -0.05) is 6.07 Å². The molecule has 1 N–H and O–H groups in total. The zero-order valence-corrected chi connectivity index (χ0v) is 11.4. The monoisotopic (exact) mass is 280 g/mol. The Hall–Kier alpha value is -0.830. The standard InChI is InChI=1S/C13H17BrN2/c1-9-7-10(2)13(11(14)8-9)16-6-4-3-5-12(16)15/h7-8,15H,3-6H2,1-2H3. The van der Waals surface area contributed by atoms with Crippen LogP contribution in [-0.2, 0) is 0 Å². The van der Waals surface area contributed by atoms with Crippen molar-refractivity contribution < 1.29 is 0 Å². The second-order valence-electron chi connectivity index (χ2n) is 4.47. The number of rotatable bonds is 1. The maximum atomic E-state index is 8.04. The molecule has 1 saturated heterocycles. The van der Waals surface area contributed by atoms with Crippen LogP contribution in [0.2, 0.25) is 0 Å². The van der Waals surface area contributed by atoms with Crippen LogP contribution in [-0.4, -0.2) is 12.4 Å². The lowest BCUT2D eigenvalue weighted by atomic mass is 10.1. The van der Waals surface area contributed by atoms with Crippen molar-refractivity contribution in [2.75, 3.05) is 11.4 Å². The number of amidine groups is 1. The fraction of sp³-hybridized carbons (Fsp3) is 0.462. The summed E-state index contributed by atoms with van der Waals surface area (Å²) in [6, 6.07) is 4.31. The van der Waals surface area contributed by atoms with Gasteiger partial charge >= 0.3 is 0 Å². The van der Waals surface area contributed by atoms with Crippen LogP contribution in [0.5, 0.6) is 0 Å². The average Bonchev–Trinajstić information content (AvgIpc) is 2.19. The number of hydrogen-bond donors (Lipinski definition) is 1. The van der Waals surface area contributed by atoms with E-state index in [0.717, 1.165) is 29.7 Å². The topological polar surface area (TPSA) is 27.1 Å². The van der Waals surface area contributed by atoms with Crippen molar-refractivity contribution in [2.24, 2.45) is 0 Å². The molecule has 16 heavy (non-hydrogen) atoms. The minimum Gasteiger partial charge on any atom is -0.329 e. The Morgan fingerprint density at radius 3 is 2.62 bits per heavy atom. The average molecular weight is 281 g/mol. The second-order valence-corrected chi connectivity index (χ2v) is 5.32. The van der Waals surface area contributed by atoms with Gasteiger partial charge in [-0.05, 0) is 59.8 Å². The van der Waals surface area contributed by atoms with E-state index in [1.165, 1.54) is 23.2 Å². The van der Waals surface area contributed by atoms with Crippen LogP contribution in [0, 0.1) is 19.3 Å². The summed E-state index contributed by atoms with van der Waals surface area (Å²) in [5.74, 6) is 0.749. The summed E-state index contributed by atoms with van der Waals surface area (Å²) in [5, 5.41) is 8.04. The molecule has 2 nitrogen and oxygen atoms in total. The summed E-state index contributed by atoms with van der Waals surface area (Å²) in [4.78, 5) is 2.14. The van der Waals surface area contributed by atoms with Gasteiger partial charge in [0.25, 0.3) is 0 Å². The van der Waals surface area contributed by atoms with Gasteiger partial charge in [0.2, 0.25) is 0 Å². The van der Waals surface area contributed by atoms with Crippen molar-refractivity contribution in [1.29, 1.82) is 5.41 Å². The molecule has 0 radical (unpaired) electrons. The van der Waals surface area contributed by atoms with Crippen LogP contribution >= 0.6 is 15.9 Å². The minimum absolute atomic E-state index is 0.749. The van der Waals surface area contributed by atoms with Crippen LogP contribution in [0.25, 0.3) is 0 Å². The van der Waals surface area contributed by atoms with Crippen LogP contribution in [0.4, 0.5) is 5.69 Å². The molecule has 0 spiro atoms. The molecular weight excluding hydrogens is 264 g/mol. The van der Waals surface area contributed by atoms with E-state index in [0.29, 0.717) is 0 Å². The van der Waals surface area contributed by atoms with Gasteiger partial charge in [-0.3, -0.25) is 5.41 Å². The summed E-state index contributed by atoms with van der Waals surface area (Å²) in [5.41, 5.74) is 3.69. The summed E-state index contributed by atoms with van der Waals surface area (Å²) in [6.45, 7) is 5.19. The quantitative estimate of drug-likeness (QED) is 0.826. The van der Waals surface area contributed by atoms with Gasteiger partial charge in [0, 0.05) is 17.4 Å². The molecule has 2 rings (SSSR count). The lowest BCUT2D eigenvalue weighted by molar-refractivity contribution is 0.706. The van der Waals surface area contributed by atoms with Gasteiger partial charge in [0.15, 0.2) is 0 Å². The van der Waals surface area contributed by atoms with Crippen LogP contribution in [0.1, 0.15) is 30.4 Å². The molecule has 1 aliphatic heterocycles. The number of halogens is 1. The van der Waals surface area contributed by atoms with Gasteiger partial charge in [-0.15, -0.1) is 0 Å². The molecule has 0 bridgehead atoms. The highest BCUT2D eigenvalue weighted by atomic mass is 79.9. The molecule has 0 aromatic heterocycles. The highest BCUT2D eigenvalue weighted by molar-refractivity contribution is 9.10. The first-order chi connectivity index (χ1) is 7.59. The summed E-state index contributed by atoms with van der Waals surface area (Å²) >= 11 is 3.62. The number of nitrogens with zero attached hydrogens (tertiary/aromatic N) is 1. The highest BCUT2D eigenvalue weighted by Gasteiger charge is 2.20. The molecule has 3 heteroatoms. The number of anilines is 1. The third-order valence-corrected chi connectivity index (χ3v) is 3.64. The fourth-order valence-electron chi connectivity index (χ4n) is 2.33. The second kappa shape index (κ2) is 4.58. The molecule has 1 heterocycles. The lowest BCUT2D eigenvalue weighted by Gasteiger charge is -2.31. The van der Waals surface area contributed by atoms with Crippen LogP contribution in [0.15, 0.2) is 16.6 Å². The van der Waals surface area contributed by atoms with Crippen LogP contribution in [0.3, 0.4) is 0 Å². The SMILES string of the molecule is Cc1cc(C)c(N2CCCCC2=N)c(Br)c1. The molecule has 0 aliphatic carbocycles. The van der Waals surface area contributed by atoms with E-state index in [-0.39, 0.29) is 0 Å². The van der Waals surface area contributed by atoms with Gasteiger partial charge < -0.3 is 4.90 Å². The summed E-state index contributed by atoms with van der Waals surface area (Å²) in [7, 11) is 0. The molecule has 86 valence electrons. The Labute approximate surface area is 105 Å². The molecule has 1 aliphatic rings. The van der Waals surface area contributed by atoms with Crippen molar-refractivity contribution in [3.63, 3.8) is 0 Å². The van der Waals surface area contributed by atoms with Gasteiger partial charge in [-0.25, -0.2) is 0 Å². The predicted molar refractivity (Wildman–Crippen MR) is 72.5 cm³/mol. The molecule has 0 saturated carbocycles. The van der Waals surface area contributed by atoms with Crippen molar-refractivity contribution in [1.82, 2.24) is 0 Å². The number of nitrogens with one attached hydrogen (secondary N) is 1. The fourth-order valence-corrected chi connectivity index (χ4v) is 3.22. The molecule has 0 amide bonds. The van der Waals surface area contributed by atoms with Crippen molar-refractivity contribution >= 4 is 27.5 Å². The highest BCUT2D eigenvalue weighted by Crippen LogP contribution is 2.33. The lowest BCUT2D eigenvalue weighted by Crippen LogP contribution is -2.35. The van der Waals surface area contributed by atoms with E-state index >= 15 is 0 Å². The van der Waals surface area contributed by atoms with E-state index in [2.05, 4.69) is 46.8 Å². The van der Waals surface area contributed by atoms with E-state index in [9.17, 15) is 0 Å². The predicted octanol–water partition coefficient (Wildman–Crippen LogP) is 4.03. The number of piperidine rings is 1. The summed E-state index contributed by atoms with van der Waals surface area (Å²) < 4.78 is 1.11.